The molecule has 7 heteroatoms. The summed E-state index contributed by atoms with van der Waals surface area (Å²) in [5.74, 6) is 2.02. The Balaban J connectivity index is 1.79. The molecule has 6 nitrogen and oxygen atoms in total. The van der Waals surface area contributed by atoms with Crippen molar-refractivity contribution in [2.24, 2.45) is 5.73 Å². The summed E-state index contributed by atoms with van der Waals surface area (Å²) in [5.41, 5.74) is 7.06. The molecular formula is C16H24N4O2S. The van der Waals surface area contributed by atoms with E-state index in [0.29, 0.717) is 0 Å². The van der Waals surface area contributed by atoms with Crippen LogP contribution in [0.4, 0.5) is 10.5 Å². The molecule has 1 aliphatic rings. The van der Waals surface area contributed by atoms with Crippen LogP contribution in [-0.4, -0.2) is 54.0 Å². The van der Waals surface area contributed by atoms with Crippen molar-refractivity contribution in [3.05, 3.63) is 29.8 Å². The van der Waals surface area contributed by atoms with Gasteiger partial charge in [0.2, 0.25) is 5.91 Å². The molecule has 0 bridgehead atoms. The molecule has 1 unspecified atom stereocenters. The van der Waals surface area contributed by atoms with Gasteiger partial charge in [-0.1, -0.05) is 12.1 Å². The molecule has 126 valence electrons. The highest BCUT2D eigenvalue weighted by atomic mass is 32.2. The number of carbonyl (C=O) groups is 2. The van der Waals surface area contributed by atoms with Crippen molar-refractivity contribution in [2.45, 2.75) is 19.4 Å². The fraction of sp³-hybridized carbons (Fsp3) is 0.500. The van der Waals surface area contributed by atoms with Crippen molar-refractivity contribution in [1.82, 2.24) is 10.2 Å². The van der Waals surface area contributed by atoms with E-state index in [1.165, 1.54) is 30.2 Å². The molecule has 1 aromatic rings. The first-order valence-corrected chi connectivity index (χ1v) is 8.96. The van der Waals surface area contributed by atoms with Crippen LogP contribution in [0.1, 0.15) is 12.5 Å². The number of rotatable bonds is 6. The molecule has 0 aliphatic carbocycles. The fourth-order valence-corrected chi connectivity index (χ4v) is 3.40. The van der Waals surface area contributed by atoms with Gasteiger partial charge in [0.05, 0.1) is 0 Å². The molecule has 0 aromatic heterocycles. The van der Waals surface area contributed by atoms with Crippen LogP contribution in [0.5, 0.6) is 0 Å². The number of carbonyl (C=O) groups excluding carboxylic acids is 2. The van der Waals surface area contributed by atoms with Gasteiger partial charge >= 0.3 is 6.03 Å². The molecular weight excluding hydrogens is 312 g/mol. The maximum atomic E-state index is 11.6. The minimum atomic E-state index is -0.838. The van der Waals surface area contributed by atoms with Gasteiger partial charge in [0, 0.05) is 36.8 Å². The number of anilines is 1. The Kier molecular flexibility index (Phi) is 6.73. The van der Waals surface area contributed by atoms with Gasteiger partial charge in [-0.05, 0) is 31.0 Å². The Labute approximate surface area is 141 Å². The number of benzene rings is 1. The number of primary amides is 1. The number of nitrogens with zero attached hydrogens (tertiary/aromatic N) is 1. The predicted molar refractivity (Wildman–Crippen MR) is 94.7 cm³/mol. The number of urea groups is 1. The third-order valence-corrected chi connectivity index (χ3v) is 4.74. The molecule has 1 heterocycles. The second-order valence-electron chi connectivity index (χ2n) is 5.62. The highest BCUT2D eigenvalue weighted by molar-refractivity contribution is 7.99. The number of nitrogens with two attached hydrogens (primary N) is 1. The smallest absolute Gasteiger partial charge is 0.318 e. The zero-order valence-corrected chi connectivity index (χ0v) is 14.2. The second-order valence-corrected chi connectivity index (χ2v) is 6.85. The highest BCUT2D eigenvalue weighted by Gasteiger charge is 2.14. The normalized spacial score (nSPS) is 16.6. The lowest BCUT2D eigenvalue weighted by atomic mass is 10.1. The zero-order chi connectivity index (χ0) is 16.7. The van der Waals surface area contributed by atoms with Gasteiger partial charge in [0.25, 0.3) is 0 Å². The van der Waals surface area contributed by atoms with Gasteiger partial charge in [-0.2, -0.15) is 11.8 Å². The van der Waals surface area contributed by atoms with E-state index in [2.05, 4.69) is 27.7 Å². The topological polar surface area (TPSA) is 87.5 Å². The minimum Gasteiger partial charge on any atom is -0.374 e. The molecule has 4 N–H and O–H groups in total. The number of nitrogens with one attached hydrogen (secondary N) is 2. The van der Waals surface area contributed by atoms with Gasteiger partial charge in [-0.3, -0.25) is 10.1 Å². The quantitative estimate of drug-likeness (QED) is 0.728. The number of hydrogen-bond donors (Lipinski definition) is 3. The van der Waals surface area contributed by atoms with Gasteiger partial charge in [0.1, 0.15) is 6.04 Å². The van der Waals surface area contributed by atoms with E-state index in [1.807, 2.05) is 23.9 Å². The van der Waals surface area contributed by atoms with E-state index in [9.17, 15) is 9.59 Å². The van der Waals surface area contributed by atoms with Crippen molar-refractivity contribution in [1.29, 1.82) is 0 Å². The molecule has 23 heavy (non-hydrogen) atoms. The lowest BCUT2D eigenvalue weighted by Crippen LogP contribution is -2.43. The van der Waals surface area contributed by atoms with Crippen LogP contribution in [-0.2, 0) is 11.2 Å². The number of thioether (sulfide) groups is 1. The molecule has 0 radical (unpaired) electrons. The van der Waals surface area contributed by atoms with Crippen molar-refractivity contribution >= 4 is 29.4 Å². The second kappa shape index (κ2) is 8.79. The molecule has 0 spiro atoms. The molecule has 1 saturated heterocycles. The monoisotopic (exact) mass is 336 g/mol. The Bertz CT molecular complexity index is 529. The summed E-state index contributed by atoms with van der Waals surface area (Å²) >= 11 is 2.02. The molecule has 0 saturated carbocycles. The van der Waals surface area contributed by atoms with E-state index in [-0.39, 0.29) is 0 Å². The Morgan fingerprint density at radius 3 is 2.52 bits per heavy atom. The summed E-state index contributed by atoms with van der Waals surface area (Å²) in [6.07, 6.45) is 1.03. The third kappa shape index (κ3) is 6.11. The molecule has 2 rings (SSSR count). The van der Waals surface area contributed by atoms with E-state index in [1.54, 1.807) is 6.92 Å². The van der Waals surface area contributed by atoms with Crippen molar-refractivity contribution in [2.75, 3.05) is 36.5 Å². The number of imide groups is 1. The third-order valence-electron chi connectivity index (χ3n) is 3.80. The number of amides is 3. The lowest BCUT2D eigenvalue weighted by molar-refractivity contribution is -0.120. The van der Waals surface area contributed by atoms with Gasteiger partial charge in [-0.25, -0.2) is 4.79 Å². The van der Waals surface area contributed by atoms with E-state index in [4.69, 9.17) is 5.73 Å². The van der Waals surface area contributed by atoms with Gasteiger partial charge in [0.15, 0.2) is 0 Å². The molecule has 1 aromatic carbocycles. The van der Waals surface area contributed by atoms with Crippen LogP contribution in [0, 0.1) is 0 Å². The molecule has 3 amide bonds. The van der Waals surface area contributed by atoms with Crippen molar-refractivity contribution in [3.8, 4) is 0 Å². The predicted octanol–water partition coefficient (Wildman–Crippen LogP) is 1.27. The Morgan fingerprint density at radius 2 is 1.91 bits per heavy atom. The summed E-state index contributed by atoms with van der Waals surface area (Å²) in [5, 5.41) is 5.11. The van der Waals surface area contributed by atoms with Crippen LogP contribution in [0.2, 0.25) is 0 Å². The summed E-state index contributed by atoms with van der Waals surface area (Å²) in [4.78, 5) is 24.8. The maximum Gasteiger partial charge on any atom is 0.318 e. The minimum absolute atomic E-state index is 0.440. The lowest BCUT2D eigenvalue weighted by Gasteiger charge is -2.26. The summed E-state index contributed by atoms with van der Waals surface area (Å²) in [6, 6.07) is 6.68. The molecule has 1 aliphatic heterocycles. The fourth-order valence-electron chi connectivity index (χ4n) is 2.42. The van der Waals surface area contributed by atoms with E-state index >= 15 is 0 Å². The van der Waals surface area contributed by atoms with Crippen LogP contribution in [0.15, 0.2) is 24.3 Å². The van der Waals surface area contributed by atoms with Gasteiger partial charge in [-0.15, -0.1) is 0 Å². The standard InChI is InChI=1S/C16H24N4O2S/c1-12(15(21)19-16(17)22)18-14-4-2-13(3-5-14)6-7-20-8-10-23-11-9-20/h2-5,12,18H,6-11H2,1H3,(H3,17,19,21,22). The zero-order valence-electron chi connectivity index (χ0n) is 13.4. The summed E-state index contributed by atoms with van der Waals surface area (Å²) in [6.45, 7) is 5.12. The van der Waals surface area contributed by atoms with Crippen LogP contribution >= 0.6 is 11.8 Å². The van der Waals surface area contributed by atoms with Crippen LogP contribution in [0.25, 0.3) is 0 Å². The molecule has 1 atom stereocenters. The summed E-state index contributed by atoms with van der Waals surface area (Å²) < 4.78 is 0. The number of hydrogen-bond acceptors (Lipinski definition) is 5. The first-order chi connectivity index (χ1) is 11.0. The SMILES string of the molecule is CC(Nc1ccc(CCN2CCSCC2)cc1)C(=O)NC(N)=O. The van der Waals surface area contributed by atoms with Crippen LogP contribution < -0.4 is 16.4 Å². The van der Waals surface area contributed by atoms with E-state index in [0.717, 1.165) is 18.7 Å². The molecule has 1 fully saturated rings. The maximum absolute atomic E-state index is 11.6. The summed E-state index contributed by atoms with van der Waals surface area (Å²) in [7, 11) is 0. The largest absolute Gasteiger partial charge is 0.374 e. The van der Waals surface area contributed by atoms with Crippen molar-refractivity contribution < 1.29 is 9.59 Å². The first kappa shape index (κ1) is 17.6. The Morgan fingerprint density at radius 1 is 1.26 bits per heavy atom. The highest BCUT2D eigenvalue weighted by Crippen LogP contribution is 2.13. The average molecular weight is 336 g/mol. The van der Waals surface area contributed by atoms with Crippen LogP contribution in [0.3, 0.4) is 0 Å². The van der Waals surface area contributed by atoms with Crippen molar-refractivity contribution in [3.63, 3.8) is 0 Å². The van der Waals surface area contributed by atoms with E-state index < -0.39 is 18.0 Å². The van der Waals surface area contributed by atoms with Gasteiger partial charge < -0.3 is 16.0 Å². The first-order valence-electron chi connectivity index (χ1n) is 7.80. The Hall–Kier alpha value is -1.73. The average Bonchev–Trinajstić information content (AvgIpc) is 2.54.